The van der Waals surface area contributed by atoms with E-state index in [4.69, 9.17) is 33.7 Å². The first-order valence-corrected chi connectivity index (χ1v) is 16.0. The Labute approximate surface area is 264 Å². The number of hydrogen-bond donors (Lipinski definition) is 4. The Hall–Kier alpha value is -3.70. The van der Waals surface area contributed by atoms with Crippen LogP contribution in [0.5, 0.6) is 5.88 Å². The van der Waals surface area contributed by atoms with Gasteiger partial charge in [0.25, 0.3) is 0 Å². The fourth-order valence-electron chi connectivity index (χ4n) is 4.76. The highest BCUT2D eigenvalue weighted by atomic mass is 31.2. The average Bonchev–Trinajstić information content (AvgIpc) is 3.51. The van der Waals surface area contributed by atoms with Crippen LogP contribution < -0.4 is 15.6 Å². The first-order valence-electron chi connectivity index (χ1n) is 14.4. The molecule has 18 heteroatoms. The second kappa shape index (κ2) is 14.8. The number of nitrogens with two attached hydrogens (primary N) is 1. The SMILES string of the molecule is CCOC(=O)COP(=O)(N[C@@H](Cc1ccccc1)C(=O)OC(C)C)OC[C@H]1O[C@@H](n2cnc3c(OC)nc(N)nc32)[C@](C)(O)[C@@H]1O. The third kappa shape index (κ3) is 8.17. The van der Waals surface area contributed by atoms with Crippen LogP contribution in [0.1, 0.15) is 39.5 Å². The van der Waals surface area contributed by atoms with Gasteiger partial charge in [-0.25, -0.2) is 19.4 Å². The minimum Gasteiger partial charge on any atom is -0.479 e. The zero-order chi connectivity index (χ0) is 33.6. The van der Waals surface area contributed by atoms with E-state index >= 15 is 0 Å². The molecule has 4 rings (SSSR count). The van der Waals surface area contributed by atoms with Crippen molar-refractivity contribution >= 4 is 36.8 Å². The van der Waals surface area contributed by atoms with Gasteiger partial charge in [-0.3, -0.25) is 18.4 Å². The molecule has 17 nitrogen and oxygen atoms in total. The number of methoxy groups -OCH3 is 1. The number of fused-ring (bicyclic) bond motifs is 1. The Kier molecular flexibility index (Phi) is 11.3. The molecule has 0 aliphatic carbocycles. The summed E-state index contributed by atoms with van der Waals surface area (Å²) in [6.07, 6.45) is -3.33. The maximum absolute atomic E-state index is 14.1. The molecule has 1 aromatic carbocycles. The van der Waals surface area contributed by atoms with E-state index in [0.29, 0.717) is 5.56 Å². The second-order valence-electron chi connectivity index (χ2n) is 10.8. The summed E-state index contributed by atoms with van der Waals surface area (Å²) in [5, 5.41) is 25.0. The minimum atomic E-state index is -4.54. The van der Waals surface area contributed by atoms with Crippen molar-refractivity contribution in [3.05, 3.63) is 42.2 Å². The molecule has 3 heterocycles. The van der Waals surface area contributed by atoms with Crippen LogP contribution in [0, 0.1) is 0 Å². The number of esters is 2. The Balaban J connectivity index is 1.58. The standard InChI is InChI=1S/C28H39N6O11P/c1-6-41-20(35)14-43-46(39,33-18(25(37)44-16(2)3)12-17-10-8-7-9-11-17)42-13-19-22(36)28(4,38)26(45-19)34-15-30-21-23(34)31-27(29)32-24(21)40-5/h7-11,15-16,18-19,22,26,36,38H,6,12-14H2,1-5H3,(H,33,39)(H2,29,31,32)/t18-,19+,22+,26+,28+,46?/m0/s1. The van der Waals surface area contributed by atoms with Gasteiger partial charge in [-0.2, -0.15) is 9.97 Å². The lowest BCUT2D eigenvalue weighted by Gasteiger charge is -2.27. The molecule has 5 N–H and O–H groups in total. The van der Waals surface area contributed by atoms with Gasteiger partial charge in [-0.05, 0) is 39.7 Å². The summed E-state index contributed by atoms with van der Waals surface area (Å²) >= 11 is 0. The molecule has 0 radical (unpaired) electrons. The summed E-state index contributed by atoms with van der Waals surface area (Å²) in [7, 11) is -3.16. The number of carbonyl (C=O) groups is 2. The van der Waals surface area contributed by atoms with Gasteiger partial charge >= 0.3 is 19.7 Å². The Morgan fingerprint density at radius 3 is 2.59 bits per heavy atom. The molecule has 3 aromatic rings. The highest BCUT2D eigenvalue weighted by Gasteiger charge is 2.54. The van der Waals surface area contributed by atoms with Gasteiger partial charge in [0.2, 0.25) is 11.8 Å². The van der Waals surface area contributed by atoms with Gasteiger partial charge < -0.3 is 34.9 Å². The number of nitrogen functional groups attached to an aromatic ring is 1. The lowest BCUT2D eigenvalue weighted by Crippen LogP contribution is -2.44. The highest BCUT2D eigenvalue weighted by Crippen LogP contribution is 2.47. The molecule has 0 spiro atoms. The van der Waals surface area contributed by atoms with Crippen molar-refractivity contribution in [2.75, 3.05) is 32.7 Å². The molecule has 1 aliphatic heterocycles. The van der Waals surface area contributed by atoms with Gasteiger partial charge in [0, 0.05) is 0 Å². The van der Waals surface area contributed by atoms with Crippen molar-refractivity contribution < 1.29 is 52.4 Å². The maximum atomic E-state index is 14.1. The zero-order valence-corrected chi connectivity index (χ0v) is 27.0. The fourth-order valence-corrected chi connectivity index (χ4v) is 6.18. The number of hydrogen-bond acceptors (Lipinski definition) is 15. The number of ether oxygens (including phenoxy) is 4. The summed E-state index contributed by atoms with van der Waals surface area (Å²) < 4.78 is 47.9. The number of aliphatic hydroxyl groups excluding tert-OH is 1. The van der Waals surface area contributed by atoms with Crippen LogP contribution in [0.25, 0.3) is 11.2 Å². The molecule has 6 atom stereocenters. The lowest BCUT2D eigenvalue weighted by atomic mass is 9.96. The number of anilines is 1. The summed E-state index contributed by atoms with van der Waals surface area (Å²) in [6.45, 7) is 4.87. The Morgan fingerprint density at radius 1 is 1.22 bits per heavy atom. The molecule has 46 heavy (non-hydrogen) atoms. The number of nitrogens with zero attached hydrogens (tertiary/aromatic N) is 4. The van der Waals surface area contributed by atoms with Crippen LogP contribution in [0.4, 0.5) is 5.95 Å². The molecule has 1 unspecified atom stereocenters. The van der Waals surface area contributed by atoms with Gasteiger partial charge in [-0.1, -0.05) is 30.3 Å². The molecule has 1 aliphatic rings. The van der Waals surface area contributed by atoms with Crippen LogP contribution in [-0.4, -0.2) is 98.6 Å². The van der Waals surface area contributed by atoms with Gasteiger partial charge in [0.05, 0.1) is 32.8 Å². The number of imidazole rings is 1. The largest absolute Gasteiger partial charge is 0.479 e. The molecular weight excluding hydrogens is 627 g/mol. The van der Waals surface area contributed by atoms with Gasteiger partial charge in [0.1, 0.15) is 23.9 Å². The van der Waals surface area contributed by atoms with E-state index in [2.05, 4.69) is 20.0 Å². The monoisotopic (exact) mass is 666 g/mol. The third-order valence-electron chi connectivity index (χ3n) is 6.91. The average molecular weight is 667 g/mol. The van der Waals surface area contributed by atoms with E-state index in [1.165, 1.54) is 24.9 Å². The highest BCUT2D eigenvalue weighted by molar-refractivity contribution is 7.51. The summed E-state index contributed by atoms with van der Waals surface area (Å²) in [6, 6.07) is 7.64. The number of carbonyl (C=O) groups excluding carboxylic acids is 2. The van der Waals surface area contributed by atoms with Gasteiger partial charge in [-0.15, -0.1) is 0 Å². The van der Waals surface area contributed by atoms with Crippen LogP contribution in [0.3, 0.4) is 0 Å². The van der Waals surface area contributed by atoms with E-state index in [1.807, 2.05) is 0 Å². The predicted molar refractivity (Wildman–Crippen MR) is 161 cm³/mol. The molecular formula is C28H39N6O11P. The summed E-state index contributed by atoms with van der Waals surface area (Å²) in [4.78, 5) is 37.6. The van der Waals surface area contributed by atoms with Crippen molar-refractivity contribution in [3.8, 4) is 5.88 Å². The van der Waals surface area contributed by atoms with E-state index in [-0.39, 0.29) is 36.0 Å². The minimum absolute atomic E-state index is 0.0317. The van der Waals surface area contributed by atoms with Crippen LogP contribution in [-0.2, 0) is 43.8 Å². The van der Waals surface area contributed by atoms with Crippen molar-refractivity contribution in [1.29, 1.82) is 0 Å². The summed E-state index contributed by atoms with van der Waals surface area (Å²) in [5.74, 6) is -1.62. The quantitative estimate of drug-likeness (QED) is 0.132. The Morgan fingerprint density at radius 2 is 1.93 bits per heavy atom. The zero-order valence-electron chi connectivity index (χ0n) is 26.1. The molecule has 252 valence electrons. The fraction of sp³-hybridized carbons (Fsp3) is 0.536. The van der Waals surface area contributed by atoms with Crippen molar-refractivity contribution in [2.24, 2.45) is 0 Å². The maximum Gasteiger partial charge on any atom is 0.406 e. The molecule has 2 aromatic heterocycles. The van der Waals surface area contributed by atoms with E-state index in [1.54, 1.807) is 51.1 Å². The normalized spacial score (nSPS) is 23.3. The lowest BCUT2D eigenvalue weighted by molar-refractivity contribution is -0.149. The molecule has 0 saturated carbocycles. The van der Waals surface area contributed by atoms with Gasteiger partial charge in [0.15, 0.2) is 24.0 Å². The number of aliphatic hydroxyl groups is 2. The number of benzene rings is 1. The molecule has 1 fully saturated rings. The number of nitrogens with one attached hydrogen (secondary N) is 1. The first-order chi connectivity index (χ1) is 21.8. The first kappa shape index (κ1) is 35.2. The number of aromatic nitrogens is 4. The van der Waals surface area contributed by atoms with Crippen molar-refractivity contribution in [1.82, 2.24) is 24.6 Å². The van der Waals surface area contributed by atoms with Crippen LogP contribution in [0.15, 0.2) is 36.7 Å². The predicted octanol–water partition coefficient (Wildman–Crippen LogP) is 1.28. The summed E-state index contributed by atoms with van der Waals surface area (Å²) in [5.41, 5.74) is 4.95. The van der Waals surface area contributed by atoms with Crippen LogP contribution >= 0.6 is 7.75 Å². The molecule has 0 amide bonds. The van der Waals surface area contributed by atoms with E-state index in [0.717, 1.165) is 0 Å². The molecule has 0 bridgehead atoms. The van der Waals surface area contributed by atoms with Crippen molar-refractivity contribution in [3.63, 3.8) is 0 Å². The van der Waals surface area contributed by atoms with E-state index < -0.39 is 69.1 Å². The van der Waals surface area contributed by atoms with E-state index in [9.17, 15) is 24.4 Å². The Bertz CT molecular complexity index is 1550. The topological polar surface area (TPSA) is 229 Å². The van der Waals surface area contributed by atoms with Crippen molar-refractivity contribution in [2.45, 2.75) is 70.3 Å². The number of rotatable bonds is 15. The third-order valence-corrected chi connectivity index (χ3v) is 8.49. The van der Waals surface area contributed by atoms with Crippen LogP contribution in [0.2, 0.25) is 0 Å². The second-order valence-corrected chi connectivity index (χ2v) is 12.6. The smallest absolute Gasteiger partial charge is 0.406 e. The molecule has 1 saturated heterocycles.